The minimum Gasteiger partial charge on any atom is -0.507 e. The number of halogens is 1. The first-order valence-corrected chi connectivity index (χ1v) is 10.7. The third-order valence-electron chi connectivity index (χ3n) is 5.22. The molecule has 1 amide bonds. The third-order valence-corrected chi connectivity index (χ3v) is 5.54. The number of aliphatic hydroxyl groups excluding tert-OH is 1. The zero-order chi connectivity index (χ0) is 22.5. The highest BCUT2D eigenvalue weighted by atomic mass is 35.5. The highest BCUT2D eigenvalue weighted by Gasteiger charge is 2.45. The topological polar surface area (TPSA) is 76.1 Å². The summed E-state index contributed by atoms with van der Waals surface area (Å²) in [4.78, 5) is 27.4. The average Bonchev–Trinajstić information content (AvgIpc) is 3.03. The van der Waals surface area contributed by atoms with Gasteiger partial charge in [-0.25, -0.2) is 0 Å². The van der Waals surface area contributed by atoms with E-state index in [1.165, 1.54) is 12.0 Å². The molecule has 0 spiro atoms. The van der Waals surface area contributed by atoms with E-state index in [0.29, 0.717) is 35.2 Å². The Hall–Kier alpha value is -2.99. The van der Waals surface area contributed by atoms with Crippen LogP contribution in [0.5, 0.6) is 11.5 Å². The van der Waals surface area contributed by atoms with Gasteiger partial charge >= 0.3 is 0 Å². The lowest BCUT2D eigenvalue weighted by molar-refractivity contribution is -0.139. The van der Waals surface area contributed by atoms with E-state index in [-0.39, 0.29) is 11.3 Å². The summed E-state index contributed by atoms with van der Waals surface area (Å²) in [7, 11) is 1.47. The molecule has 0 aromatic heterocycles. The number of nitrogens with zero attached hydrogens (tertiary/aromatic N) is 1. The third kappa shape index (κ3) is 4.54. The SMILES string of the molecule is CCCCN1C(=O)C(=O)/C(=C(\O)c2ccc(Cl)c(OC)c2)C1c1ccc(OCC)cc1. The summed E-state index contributed by atoms with van der Waals surface area (Å²) in [6.07, 6.45) is 1.61. The fraction of sp³-hybridized carbons (Fsp3) is 0.333. The summed E-state index contributed by atoms with van der Waals surface area (Å²) >= 11 is 6.09. The predicted octanol–water partition coefficient (Wildman–Crippen LogP) is 4.97. The molecular formula is C24H26ClNO5. The zero-order valence-corrected chi connectivity index (χ0v) is 18.6. The molecule has 1 heterocycles. The Morgan fingerprint density at radius 3 is 2.45 bits per heavy atom. The van der Waals surface area contributed by atoms with Crippen molar-refractivity contribution in [3.05, 3.63) is 64.2 Å². The van der Waals surface area contributed by atoms with Crippen LogP contribution in [0.1, 0.15) is 43.9 Å². The van der Waals surface area contributed by atoms with Crippen LogP contribution in [0.2, 0.25) is 5.02 Å². The van der Waals surface area contributed by atoms with Gasteiger partial charge in [0.1, 0.15) is 17.3 Å². The second kappa shape index (κ2) is 9.88. The summed E-state index contributed by atoms with van der Waals surface area (Å²) in [6, 6.07) is 11.3. The fourth-order valence-electron chi connectivity index (χ4n) is 3.66. The Balaban J connectivity index is 2.13. The molecule has 31 heavy (non-hydrogen) atoms. The van der Waals surface area contributed by atoms with Crippen LogP contribution < -0.4 is 9.47 Å². The Kier molecular flexibility index (Phi) is 7.23. The molecule has 2 aromatic rings. The van der Waals surface area contributed by atoms with Gasteiger partial charge in [0.25, 0.3) is 11.7 Å². The minimum absolute atomic E-state index is 0.0506. The van der Waals surface area contributed by atoms with E-state index < -0.39 is 17.7 Å². The molecule has 1 saturated heterocycles. The van der Waals surface area contributed by atoms with Gasteiger partial charge in [-0.2, -0.15) is 0 Å². The Labute approximate surface area is 187 Å². The molecule has 0 bridgehead atoms. The van der Waals surface area contributed by atoms with E-state index in [0.717, 1.165) is 18.4 Å². The van der Waals surface area contributed by atoms with Gasteiger partial charge in [0.05, 0.1) is 30.4 Å². The number of aliphatic hydroxyl groups is 1. The minimum atomic E-state index is -0.707. The number of hydrogen-bond acceptors (Lipinski definition) is 5. The lowest BCUT2D eigenvalue weighted by Crippen LogP contribution is -2.30. The van der Waals surface area contributed by atoms with E-state index in [4.69, 9.17) is 21.1 Å². The van der Waals surface area contributed by atoms with Gasteiger partial charge in [0.15, 0.2) is 0 Å². The first-order chi connectivity index (χ1) is 14.9. The number of hydrogen-bond donors (Lipinski definition) is 1. The van der Waals surface area contributed by atoms with E-state index in [1.54, 1.807) is 30.3 Å². The Bertz CT molecular complexity index is 1000. The number of ether oxygens (including phenoxy) is 2. The molecule has 1 N–H and O–H groups in total. The molecule has 1 aliphatic heterocycles. The van der Waals surface area contributed by atoms with Crippen LogP contribution >= 0.6 is 11.6 Å². The quantitative estimate of drug-likeness (QED) is 0.354. The Morgan fingerprint density at radius 2 is 1.84 bits per heavy atom. The largest absolute Gasteiger partial charge is 0.507 e. The van der Waals surface area contributed by atoms with Crippen molar-refractivity contribution in [1.29, 1.82) is 0 Å². The van der Waals surface area contributed by atoms with Gasteiger partial charge < -0.3 is 19.5 Å². The van der Waals surface area contributed by atoms with Crippen molar-refractivity contribution < 1.29 is 24.2 Å². The number of Topliss-reactive ketones (excluding diaryl/α,β-unsaturated/α-hetero) is 1. The fourth-order valence-corrected chi connectivity index (χ4v) is 3.86. The second-order valence-electron chi connectivity index (χ2n) is 7.20. The molecule has 7 heteroatoms. The number of ketones is 1. The molecule has 1 fully saturated rings. The number of rotatable bonds is 8. The van der Waals surface area contributed by atoms with Gasteiger partial charge in [-0.15, -0.1) is 0 Å². The van der Waals surface area contributed by atoms with Crippen LogP contribution in [-0.2, 0) is 9.59 Å². The number of likely N-dealkylation sites (tertiary alicyclic amines) is 1. The van der Waals surface area contributed by atoms with Gasteiger partial charge in [0, 0.05) is 12.1 Å². The van der Waals surface area contributed by atoms with Crippen molar-refractivity contribution in [2.45, 2.75) is 32.7 Å². The standard InChI is InChI=1S/C24H26ClNO5/c1-4-6-13-26-21(15-7-10-17(11-8-15)31-5-2)20(23(28)24(26)29)22(27)16-9-12-18(25)19(14-16)30-3/h7-12,14,21,27H,4-6,13H2,1-3H3/b22-20-. The van der Waals surface area contributed by atoms with Gasteiger partial charge in [0.2, 0.25) is 0 Å². The molecule has 0 saturated carbocycles. The molecule has 164 valence electrons. The summed E-state index contributed by atoms with van der Waals surface area (Å²) in [5, 5.41) is 11.5. The monoisotopic (exact) mass is 443 g/mol. The molecule has 1 atom stereocenters. The van der Waals surface area contributed by atoms with Crippen LogP contribution in [0.25, 0.3) is 5.76 Å². The number of carbonyl (C=O) groups excluding carboxylic acids is 2. The molecular weight excluding hydrogens is 418 g/mol. The van der Waals surface area contributed by atoms with Crippen molar-refractivity contribution >= 4 is 29.1 Å². The maximum absolute atomic E-state index is 13.0. The summed E-state index contributed by atoms with van der Waals surface area (Å²) < 4.78 is 10.7. The van der Waals surface area contributed by atoms with Crippen LogP contribution in [-0.4, -0.2) is 42.0 Å². The van der Waals surface area contributed by atoms with Crippen LogP contribution in [0.3, 0.4) is 0 Å². The van der Waals surface area contributed by atoms with Crippen molar-refractivity contribution in [2.75, 3.05) is 20.3 Å². The average molecular weight is 444 g/mol. The maximum atomic E-state index is 13.0. The lowest BCUT2D eigenvalue weighted by atomic mass is 9.95. The van der Waals surface area contributed by atoms with E-state index >= 15 is 0 Å². The van der Waals surface area contributed by atoms with E-state index in [1.807, 2.05) is 26.0 Å². The molecule has 1 unspecified atom stereocenters. The van der Waals surface area contributed by atoms with Crippen LogP contribution in [0, 0.1) is 0 Å². The molecule has 6 nitrogen and oxygen atoms in total. The Morgan fingerprint density at radius 1 is 1.13 bits per heavy atom. The number of methoxy groups -OCH3 is 1. The molecule has 0 aliphatic carbocycles. The highest BCUT2D eigenvalue weighted by molar-refractivity contribution is 6.46. The molecule has 1 aliphatic rings. The first-order valence-electron chi connectivity index (χ1n) is 10.3. The predicted molar refractivity (Wildman–Crippen MR) is 120 cm³/mol. The summed E-state index contributed by atoms with van der Waals surface area (Å²) in [6.45, 7) is 4.86. The van der Waals surface area contributed by atoms with E-state index in [9.17, 15) is 14.7 Å². The van der Waals surface area contributed by atoms with Crippen molar-refractivity contribution in [1.82, 2.24) is 4.90 Å². The lowest BCUT2D eigenvalue weighted by Gasteiger charge is -2.25. The molecule has 2 aromatic carbocycles. The van der Waals surface area contributed by atoms with Gasteiger partial charge in [-0.1, -0.05) is 37.1 Å². The first kappa shape index (κ1) is 22.7. The van der Waals surface area contributed by atoms with E-state index in [2.05, 4.69) is 0 Å². The highest BCUT2D eigenvalue weighted by Crippen LogP contribution is 2.40. The van der Waals surface area contributed by atoms with Crippen molar-refractivity contribution in [3.8, 4) is 11.5 Å². The van der Waals surface area contributed by atoms with Crippen molar-refractivity contribution in [3.63, 3.8) is 0 Å². The normalized spacial score (nSPS) is 17.8. The van der Waals surface area contributed by atoms with Gasteiger partial charge in [-0.3, -0.25) is 9.59 Å². The van der Waals surface area contributed by atoms with Gasteiger partial charge in [-0.05, 0) is 49.2 Å². The number of benzene rings is 2. The van der Waals surface area contributed by atoms with Crippen LogP contribution in [0.4, 0.5) is 0 Å². The molecule has 3 rings (SSSR count). The molecule has 0 radical (unpaired) electrons. The summed E-state index contributed by atoms with van der Waals surface area (Å²) in [5.41, 5.74) is 1.13. The zero-order valence-electron chi connectivity index (χ0n) is 17.9. The second-order valence-corrected chi connectivity index (χ2v) is 7.60. The number of amides is 1. The van der Waals surface area contributed by atoms with Crippen molar-refractivity contribution in [2.24, 2.45) is 0 Å². The number of carbonyl (C=O) groups is 2. The smallest absolute Gasteiger partial charge is 0.295 e. The maximum Gasteiger partial charge on any atom is 0.295 e. The summed E-state index contributed by atoms with van der Waals surface area (Å²) in [5.74, 6) is -0.523. The number of unbranched alkanes of at least 4 members (excludes halogenated alkanes) is 1. The van der Waals surface area contributed by atoms with Crippen LogP contribution in [0.15, 0.2) is 48.0 Å².